The van der Waals surface area contributed by atoms with E-state index in [0.717, 1.165) is 0 Å². The van der Waals surface area contributed by atoms with Crippen LogP contribution in [0.4, 0.5) is 0 Å². The minimum atomic E-state index is -0.946. The fourth-order valence-electron chi connectivity index (χ4n) is 0.648. The maximum atomic E-state index is 10.1. The number of carboxylic acids is 1. The van der Waals surface area contributed by atoms with Crippen molar-refractivity contribution in [3.8, 4) is 0 Å². The van der Waals surface area contributed by atoms with Crippen molar-refractivity contribution in [2.45, 2.75) is 13.1 Å². The molecule has 0 aliphatic carbocycles. The molecule has 6 heteroatoms. The van der Waals surface area contributed by atoms with Crippen LogP contribution in [0.5, 0.6) is 0 Å². The van der Waals surface area contributed by atoms with E-state index >= 15 is 0 Å². The van der Waals surface area contributed by atoms with Crippen LogP contribution in [-0.2, 0) is 17.9 Å². The van der Waals surface area contributed by atoms with Gasteiger partial charge in [-0.3, -0.25) is 4.79 Å². The van der Waals surface area contributed by atoms with Crippen LogP contribution in [-0.4, -0.2) is 26.1 Å². The molecule has 0 atom stereocenters. The summed E-state index contributed by atoms with van der Waals surface area (Å²) in [6, 6.07) is 0. The number of nitrogens with two attached hydrogens (primary N) is 1. The van der Waals surface area contributed by atoms with Crippen LogP contribution in [0.25, 0.3) is 0 Å². The van der Waals surface area contributed by atoms with Gasteiger partial charge in [-0.15, -0.1) is 5.10 Å². The van der Waals surface area contributed by atoms with E-state index in [1.54, 1.807) is 0 Å². The second-order valence-electron chi connectivity index (χ2n) is 2.01. The first-order chi connectivity index (χ1) is 5.22. The minimum Gasteiger partial charge on any atom is -0.480 e. The van der Waals surface area contributed by atoms with Crippen molar-refractivity contribution in [3.63, 3.8) is 0 Å². The third kappa shape index (κ3) is 2.01. The van der Waals surface area contributed by atoms with Crippen LogP contribution in [0.2, 0.25) is 0 Å². The van der Waals surface area contributed by atoms with E-state index in [4.69, 9.17) is 10.8 Å². The van der Waals surface area contributed by atoms with Gasteiger partial charge in [0.25, 0.3) is 0 Å². The van der Waals surface area contributed by atoms with E-state index in [9.17, 15) is 4.79 Å². The molecule has 1 aromatic rings. The Hall–Kier alpha value is -1.43. The zero-order valence-corrected chi connectivity index (χ0v) is 5.77. The molecule has 0 saturated heterocycles. The number of nitrogens with zero attached hydrogens (tertiary/aromatic N) is 3. The molecule has 11 heavy (non-hydrogen) atoms. The van der Waals surface area contributed by atoms with Gasteiger partial charge in [0.05, 0.1) is 11.9 Å². The average Bonchev–Trinajstić information content (AvgIpc) is 2.34. The first-order valence-electron chi connectivity index (χ1n) is 3.03. The Morgan fingerprint density at radius 3 is 3.00 bits per heavy atom. The zero-order valence-electron chi connectivity index (χ0n) is 5.77. The SMILES string of the molecule is NCc1cn(CC(=O)O)nn1. The summed E-state index contributed by atoms with van der Waals surface area (Å²) in [7, 11) is 0. The minimum absolute atomic E-state index is 0.174. The van der Waals surface area contributed by atoms with Crippen molar-refractivity contribution in [1.82, 2.24) is 15.0 Å². The Balaban J connectivity index is 2.65. The van der Waals surface area contributed by atoms with Gasteiger partial charge in [0.15, 0.2) is 0 Å². The van der Waals surface area contributed by atoms with E-state index < -0.39 is 5.97 Å². The molecule has 0 aliphatic heterocycles. The summed E-state index contributed by atoms with van der Waals surface area (Å²) in [5.74, 6) is -0.946. The molecule has 1 heterocycles. The molecule has 6 nitrogen and oxygen atoms in total. The summed E-state index contributed by atoms with van der Waals surface area (Å²) in [5.41, 5.74) is 5.82. The lowest BCUT2D eigenvalue weighted by molar-refractivity contribution is -0.137. The van der Waals surface area contributed by atoms with Crippen molar-refractivity contribution in [2.24, 2.45) is 5.73 Å². The summed E-state index contributed by atoms with van der Waals surface area (Å²) in [6.07, 6.45) is 1.51. The molecular formula is C5H8N4O2. The molecule has 3 N–H and O–H groups in total. The van der Waals surface area contributed by atoms with E-state index in [2.05, 4.69) is 10.3 Å². The van der Waals surface area contributed by atoms with E-state index in [1.807, 2.05) is 0 Å². The predicted molar refractivity (Wildman–Crippen MR) is 35.5 cm³/mol. The average molecular weight is 156 g/mol. The molecule has 0 fully saturated rings. The molecule has 1 rings (SSSR count). The van der Waals surface area contributed by atoms with Gasteiger partial charge in [-0.2, -0.15) is 0 Å². The molecule has 0 bridgehead atoms. The smallest absolute Gasteiger partial charge is 0.325 e. The summed E-state index contributed by atoms with van der Waals surface area (Å²) in [6.45, 7) is 0.104. The molecule has 0 aliphatic rings. The van der Waals surface area contributed by atoms with Crippen molar-refractivity contribution in [2.75, 3.05) is 0 Å². The summed E-state index contributed by atoms with van der Waals surface area (Å²) in [5, 5.41) is 15.5. The topological polar surface area (TPSA) is 94.0 Å². The van der Waals surface area contributed by atoms with Gasteiger partial charge >= 0.3 is 5.97 Å². The normalized spacial score (nSPS) is 9.91. The number of hydrogen-bond donors (Lipinski definition) is 2. The second kappa shape index (κ2) is 3.11. The first-order valence-corrected chi connectivity index (χ1v) is 3.03. The lowest BCUT2D eigenvalue weighted by Crippen LogP contribution is -2.09. The molecule has 0 spiro atoms. The first kappa shape index (κ1) is 7.67. The largest absolute Gasteiger partial charge is 0.480 e. The van der Waals surface area contributed by atoms with Gasteiger partial charge in [0.1, 0.15) is 6.54 Å². The third-order valence-electron chi connectivity index (χ3n) is 1.09. The number of carbonyl (C=O) groups is 1. The van der Waals surface area contributed by atoms with Crippen molar-refractivity contribution >= 4 is 5.97 Å². The number of hydrogen-bond acceptors (Lipinski definition) is 4. The van der Waals surface area contributed by atoms with Gasteiger partial charge in [0, 0.05) is 6.54 Å². The summed E-state index contributed by atoms with van der Waals surface area (Å²) < 4.78 is 1.23. The lowest BCUT2D eigenvalue weighted by Gasteiger charge is -1.90. The second-order valence-corrected chi connectivity index (χ2v) is 2.01. The molecule has 0 unspecified atom stereocenters. The van der Waals surface area contributed by atoms with Crippen LogP contribution in [0.1, 0.15) is 5.69 Å². The summed E-state index contributed by atoms with van der Waals surface area (Å²) >= 11 is 0. The fraction of sp³-hybridized carbons (Fsp3) is 0.400. The number of aliphatic carboxylic acids is 1. The van der Waals surface area contributed by atoms with Gasteiger partial charge in [0.2, 0.25) is 0 Å². The fourth-order valence-corrected chi connectivity index (χ4v) is 0.648. The monoisotopic (exact) mass is 156 g/mol. The number of aromatic nitrogens is 3. The van der Waals surface area contributed by atoms with Crippen molar-refractivity contribution in [3.05, 3.63) is 11.9 Å². The van der Waals surface area contributed by atoms with Crippen LogP contribution in [0.3, 0.4) is 0 Å². The maximum Gasteiger partial charge on any atom is 0.325 e. The Morgan fingerprint density at radius 2 is 2.55 bits per heavy atom. The molecule has 0 saturated carbocycles. The van der Waals surface area contributed by atoms with Gasteiger partial charge in [-0.25, -0.2) is 4.68 Å². The van der Waals surface area contributed by atoms with E-state index in [-0.39, 0.29) is 13.1 Å². The quantitative estimate of drug-likeness (QED) is 0.574. The molecule has 1 aromatic heterocycles. The van der Waals surface area contributed by atoms with Gasteiger partial charge in [-0.1, -0.05) is 5.21 Å². The van der Waals surface area contributed by atoms with Crippen LogP contribution in [0.15, 0.2) is 6.20 Å². The lowest BCUT2D eigenvalue weighted by atomic mass is 10.5. The molecular weight excluding hydrogens is 148 g/mol. The van der Waals surface area contributed by atoms with Crippen LogP contribution in [0, 0.1) is 0 Å². The molecule has 0 radical (unpaired) electrons. The van der Waals surface area contributed by atoms with Gasteiger partial charge in [-0.05, 0) is 0 Å². The third-order valence-corrected chi connectivity index (χ3v) is 1.09. The predicted octanol–water partition coefficient (Wildman–Crippen LogP) is -1.18. The molecule has 0 amide bonds. The Bertz CT molecular complexity index is 257. The highest BCUT2D eigenvalue weighted by atomic mass is 16.4. The highest BCUT2D eigenvalue weighted by Gasteiger charge is 2.01. The van der Waals surface area contributed by atoms with Crippen LogP contribution >= 0.6 is 0 Å². The zero-order chi connectivity index (χ0) is 8.27. The van der Waals surface area contributed by atoms with Gasteiger partial charge < -0.3 is 10.8 Å². The Kier molecular flexibility index (Phi) is 2.17. The molecule has 60 valence electrons. The van der Waals surface area contributed by atoms with E-state index in [1.165, 1.54) is 10.9 Å². The number of carboxylic acid groups (broad SMARTS) is 1. The molecule has 0 aromatic carbocycles. The number of rotatable bonds is 3. The van der Waals surface area contributed by atoms with Crippen molar-refractivity contribution in [1.29, 1.82) is 0 Å². The maximum absolute atomic E-state index is 10.1. The Labute approximate surface area is 62.6 Å². The van der Waals surface area contributed by atoms with Crippen molar-refractivity contribution < 1.29 is 9.90 Å². The van der Waals surface area contributed by atoms with E-state index in [0.29, 0.717) is 5.69 Å². The highest BCUT2D eigenvalue weighted by molar-refractivity contribution is 5.66. The standard InChI is InChI=1S/C5H8N4O2/c6-1-4-2-9(8-7-4)3-5(10)11/h2H,1,3,6H2,(H,10,11). The van der Waals surface area contributed by atoms with Crippen LogP contribution < -0.4 is 5.73 Å². The summed E-state index contributed by atoms with van der Waals surface area (Å²) in [4.78, 5) is 10.1. The Morgan fingerprint density at radius 1 is 1.82 bits per heavy atom. The highest BCUT2D eigenvalue weighted by Crippen LogP contribution is 1.89.